The summed E-state index contributed by atoms with van der Waals surface area (Å²) >= 11 is 2.46. The fourth-order valence-corrected chi connectivity index (χ4v) is 5.12. The van der Waals surface area contributed by atoms with Crippen LogP contribution in [0.4, 0.5) is 0 Å². The first-order valence-electron chi connectivity index (χ1n) is 2.55. The van der Waals surface area contributed by atoms with Crippen LogP contribution in [0.1, 0.15) is 6.92 Å². The standard InChI is InChI=1S/C5H6BrNO.In/c1-3-5(6)7-4(2)8;/h1,3H,2H3,(H,7,8);/q;+1/p-1. The van der Waals surface area contributed by atoms with Crippen LogP contribution in [0, 0.1) is 0 Å². The number of nitrogens with zero attached hydrogens (tertiary/aromatic N) is 1. The fourth-order valence-electron chi connectivity index (χ4n) is 0.615. The first kappa shape index (κ1) is 7.54. The molecule has 1 aliphatic rings. The third-order valence-electron chi connectivity index (χ3n) is 1.04. The van der Waals surface area contributed by atoms with Crippen molar-refractivity contribution in [3.8, 4) is 0 Å². The van der Waals surface area contributed by atoms with E-state index in [0.717, 1.165) is 4.61 Å². The van der Waals surface area contributed by atoms with Crippen molar-refractivity contribution in [1.82, 2.24) is 2.89 Å². The molecular formula is C5H5BrInNO. The molecule has 0 N–H and O–H groups in total. The van der Waals surface area contributed by atoms with Gasteiger partial charge >= 0.3 is 73.6 Å². The summed E-state index contributed by atoms with van der Waals surface area (Å²) in [5.41, 5.74) is 0. The van der Waals surface area contributed by atoms with Crippen molar-refractivity contribution in [3.05, 3.63) is 10.7 Å². The predicted molar refractivity (Wildman–Crippen MR) is 41.3 cm³/mol. The SMILES string of the molecule is CC(=O)[N]1[In]=[CH]C=C1Br. The number of carbonyl (C=O) groups is 1. The van der Waals surface area contributed by atoms with E-state index in [1.165, 1.54) is 0 Å². The van der Waals surface area contributed by atoms with Crippen molar-refractivity contribution in [2.45, 2.75) is 6.92 Å². The van der Waals surface area contributed by atoms with E-state index in [4.69, 9.17) is 0 Å². The molecule has 1 amide bonds. The van der Waals surface area contributed by atoms with Gasteiger partial charge < -0.3 is 0 Å². The van der Waals surface area contributed by atoms with Crippen LogP contribution >= 0.6 is 15.9 Å². The van der Waals surface area contributed by atoms with E-state index in [1.807, 2.05) is 8.96 Å². The molecule has 0 aromatic heterocycles. The Hall–Kier alpha value is 0.430. The Labute approximate surface area is 73.3 Å². The second-order valence-corrected chi connectivity index (χ2v) is 5.96. The quantitative estimate of drug-likeness (QED) is 0.595. The Morgan fingerprint density at radius 2 is 2.56 bits per heavy atom. The predicted octanol–water partition coefficient (Wildman–Crippen LogP) is 0.506. The molecule has 0 radical (unpaired) electrons. The number of halogens is 1. The van der Waals surface area contributed by atoms with Crippen molar-refractivity contribution in [1.29, 1.82) is 0 Å². The minimum absolute atomic E-state index is 0.160. The van der Waals surface area contributed by atoms with Crippen LogP contribution in [-0.4, -0.2) is 35.3 Å². The zero-order valence-corrected chi connectivity index (χ0v) is 9.85. The zero-order valence-electron chi connectivity index (χ0n) is 4.97. The number of allylic oxidation sites excluding steroid dienone is 1. The Balaban J connectivity index is 2.74. The number of rotatable bonds is 0. The molecule has 4 heteroatoms. The normalized spacial score (nSPS) is 15.3. The van der Waals surface area contributed by atoms with Crippen molar-refractivity contribution in [2.75, 3.05) is 0 Å². The van der Waals surface area contributed by atoms with Crippen molar-refractivity contribution in [3.63, 3.8) is 0 Å². The Morgan fingerprint density at radius 1 is 1.89 bits per heavy atom. The fraction of sp³-hybridized carbons (Fsp3) is 0.200. The van der Waals surface area contributed by atoms with E-state index in [1.54, 1.807) is 6.92 Å². The van der Waals surface area contributed by atoms with E-state index in [0.29, 0.717) is 0 Å². The molecular weight excluding hydrogens is 285 g/mol. The molecule has 1 rings (SSSR count). The summed E-state index contributed by atoms with van der Waals surface area (Å²) in [5.74, 6) is 0.160. The number of hydrogen-bond donors (Lipinski definition) is 0. The van der Waals surface area contributed by atoms with Crippen LogP contribution in [0.2, 0.25) is 0 Å². The topological polar surface area (TPSA) is 20.3 Å². The molecule has 0 fully saturated rings. The number of hydrogen-bond acceptors (Lipinski definition) is 1. The van der Waals surface area contributed by atoms with Gasteiger partial charge in [0, 0.05) is 0 Å². The molecule has 9 heavy (non-hydrogen) atoms. The molecule has 1 heterocycles. The second kappa shape index (κ2) is 3.01. The van der Waals surface area contributed by atoms with Crippen LogP contribution < -0.4 is 0 Å². The Bertz CT molecular complexity index is 199. The monoisotopic (exact) mass is 289 g/mol. The third-order valence-corrected chi connectivity index (χ3v) is 6.49. The Kier molecular flexibility index (Phi) is 2.52. The van der Waals surface area contributed by atoms with Gasteiger partial charge in [0.25, 0.3) is 0 Å². The average Bonchev–Trinajstić information content (AvgIpc) is 2.13. The number of carbonyl (C=O) groups excluding carboxylic acids is 1. The first-order chi connectivity index (χ1) is 4.22. The van der Waals surface area contributed by atoms with Gasteiger partial charge in [-0.3, -0.25) is 0 Å². The van der Waals surface area contributed by atoms with Crippen LogP contribution in [0.25, 0.3) is 0 Å². The number of amides is 1. The van der Waals surface area contributed by atoms with Gasteiger partial charge in [0.1, 0.15) is 0 Å². The molecule has 2 nitrogen and oxygen atoms in total. The molecule has 1 aliphatic heterocycles. The molecule has 0 aromatic rings. The third kappa shape index (κ3) is 1.67. The van der Waals surface area contributed by atoms with Gasteiger partial charge in [-0.1, -0.05) is 0 Å². The van der Waals surface area contributed by atoms with Gasteiger partial charge in [-0.25, -0.2) is 0 Å². The molecule has 0 saturated heterocycles. The van der Waals surface area contributed by atoms with Crippen LogP contribution in [0.15, 0.2) is 10.7 Å². The summed E-state index contributed by atoms with van der Waals surface area (Å²) in [5, 5.41) is 0. The summed E-state index contributed by atoms with van der Waals surface area (Å²) < 4.78 is 4.91. The Morgan fingerprint density at radius 3 is 2.78 bits per heavy atom. The summed E-state index contributed by atoms with van der Waals surface area (Å²) in [4.78, 5) is 10.7. The average molecular weight is 290 g/mol. The maximum atomic E-state index is 10.7. The van der Waals surface area contributed by atoms with E-state index in [9.17, 15) is 4.79 Å². The van der Waals surface area contributed by atoms with Gasteiger partial charge in [0.05, 0.1) is 0 Å². The van der Waals surface area contributed by atoms with Gasteiger partial charge in [0.15, 0.2) is 0 Å². The van der Waals surface area contributed by atoms with Gasteiger partial charge in [-0.2, -0.15) is 0 Å². The molecule has 46 valence electrons. The van der Waals surface area contributed by atoms with Crippen molar-refractivity contribution < 1.29 is 4.79 Å². The molecule has 0 aromatic carbocycles. The summed E-state index contributed by atoms with van der Waals surface area (Å²) in [6, 6.07) is 0. The van der Waals surface area contributed by atoms with E-state index in [2.05, 4.69) is 19.7 Å². The van der Waals surface area contributed by atoms with E-state index < -0.39 is 22.7 Å². The van der Waals surface area contributed by atoms with Crippen molar-refractivity contribution >= 4 is 48.3 Å². The molecule has 0 atom stereocenters. The van der Waals surface area contributed by atoms with E-state index in [-0.39, 0.29) is 5.91 Å². The maximum absolute atomic E-state index is 10.7. The van der Waals surface area contributed by atoms with Gasteiger partial charge in [0.2, 0.25) is 0 Å². The minimum atomic E-state index is -0.832. The van der Waals surface area contributed by atoms with Gasteiger partial charge in [-0.05, 0) is 0 Å². The van der Waals surface area contributed by atoms with Gasteiger partial charge in [-0.15, -0.1) is 0 Å². The van der Waals surface area contributed by atoms with Crippen LogP contribution in [-0.2, 0) is 4.79 Å². The summed E-state index contributed by atoms with van der Waals surface area (Å²) in [7, 11) is 0. The van der Waals surface area contributed by atoms with E-state index >= 15 is 0 Å². The summed E-state index contributed by atoms with van der Waals surface area (Å²) in [6.45, 7) is 1.60. The van der Waals surface area contributed by atoms with Crippen molar-refractivity contribution in [2.24, 2.45) is 0 Å². The molecule has 0 unspecified atom stereocenters. The molecule has 0 saturated carbocycles. The van der Waals surface area contributed by atoms with Crippen LogP contribution in [0.5, 0.6) is 0 Å². The second-order valence-electron chi connectivity index (χ2n) is 1.72. The van der Waals surface area contributed by atoms with Crippen LogP contribution in [0.3, 0.4) is 0 Å². The molecule has 0 bridgehead atoms. The first-order valence-corrected chi connectivity index (χ1v) is 6.72. The molecule has 0 aliphatic carbocycles. The summed E-state index contributed by atoms with van der Waals surface area (Å²) in [6.07, 6.45) is 1.96. The zero-order chi connectivity index (χ0) is 6.85. The molecule has 0 spiro atoms.